The number of pyridine rings is 1. The molecule has 0 amide bonds. The molecular formula is C18H23NO. The Kier molecular flexibility index (Phi) is 4.02. The van der Waals surface area contributed by atoms with E-state index < -0.39 is 0 Å². The Labute approximate surface area is 120 Å². The highest BCUT2D eigenvalue weighted by Gasteiger charge is 2.31. The van der Waals surface area contributed by atoms with Crippen molar-refractivity contribution in [2.24, 2.45) is 11.8 Å². The van der Waals surface area contributed by atoms with E-state index in [-0.39, 0.29) is 6.10 Å². The second-order valence-electron chi connectivity index (χ2n) is 5.98. The summed E-state index contributed by atoms with van der Waals surface area (Å²) < 4.78 is 0. The summed E-state index contributed by atoms with van der Waals surface area (Å²) in [6, 6.07) is 10.2. The number of rotatable bonds is 3. The van der Waals surface area contributed by atoms with Crippen LogP contribution >= 0.6 is 0 Å². The smallest absolute Gasteiger partial charge is 0.0841 e. The number of benzene rings is 1. The van der Waals surface area contributed by atoms with E-state index in [1.165, 1.54) is 25.7 Å². The fourth-order valence-corrected chi connectivity index (χ4v) is 3.76. The number of aliphatic hydroxyl groups excluding tert-OH is 1. The van der Waals surface area contributed by atoms with E-state index in [9.17, 15) is 5.11 Å². The van der Waals surface area contributed by atoms with Crippen molar-refractivity contribution in [1.29, 1.82) is 0 Å². The van der Waals surface area contributed by atoms with Crippen LogP contribution in [0.25, 0.3) is 10.9 Å². The van der Waals surface area contributed by atoms with Crippen LogP contribution in [0.5, 0.6) is 0 Å². The van der Waals surface area contributed by atoms with E-state index >= 15 is 0 Å². The summed E-state index contributed by atoms with van der Waals surface area (Å²) in [5, 5.41) is 12.0. The van der Waals surface area contributed by atoms with Gasteiger partial charge in [0.25, 0.3) is 0 Å². The molecule has 0 spiro atoms. The van der Waals surface area contributed by atoms with E-state index in [4.69, 9.17) is 0 Å². The third kappa shape index (κ3) is 2.45. The van der Waals surface area contributed by atoms with Gasteiger partial charge in [0.1, 0.15) is 0 Å². The Morgan fingerprint density at radius 2 is 2.00 bits per heavy atom. The van der Waals surface area contributed by atoms with Crippen molar-refractivity contribution in [2.75, 3.05) is 0 Å². The van der Waals surface area contributed by atoms with Crippen molar-refractivity contribution in [3.05, 3.63) is 42.1 Å². The predicted octanol–water partition coefficient (Wildman–Crippen LogP) is 4.48. The van der Waals surface area contributed by atoms with Gasteiger partial charge in [-0.05, 0) is 24.3 Å². The fraction of sp³-hybridized carbons (Fsp3) is 0.500. The molecule has 3 rings (SSSR count). The Balaban J connectivity index is 1.97. The van der Waals surface area contributed by atoms with Crippen molar-refractivity contribution in [2.45, 2.75) is 45.1 Å². The highest BCUT2D eigenvalue weighted by molar-refractivity contribution is 5.81. The molecule has 1 aliphatic rings. The lowest BCUT2D eigenvalue weighted by Gasteiger charge is -2.34. The number of hydrogen-bond donors (Lipinski definition) is 1. The first-order valence-corrected chi connectivity index (χ1v) is 7.83. The third-order valence-corrected chi connectivity index (χ3v) is 4.88. The van der Waals surface area contributed by atoms with Crippen LogP contribution in [0.2, 0.25) is 0 Å². The van der Waals surface area contributed by atoms with Gasteiger partial charge in [-0.15, -0.1) is 0 Å². The molecule has 1 aromatic heterocycles. The summed E-state index contributed by atoms with van der Waals surface area (Å²) in [6.45, 7) is 2.25. The molecule has 1 aromatic carbocycles. The van der Waals surface area contributed by atoms with Gasteiger partial charge in [0.15, 0.2) is 0 Å². The largest absolute Gasteiger partial charge is 0.388 e. The molecule has 20 heavy (non-hydrogen) atoms. The number of aliphatic hydroxyl groups is 1. The van der Waals surface area contributed by atoms with E-state index in [0.717, 1.165) is 22.9 Å². The van der Waals surface area contributed by atoms with Crippen LogP contribution in [0, 0.1) is 11.8 Å². The predicted molar refractivity (Wildman–Crippen MR) is 82.4 cm³/mol. The van der Waals surface area contributed by atoms with Crippen LogP contribution < -0.4 is 0 Å². The number of nitrogens with zero attached hydrogens (tertiary/aromatic N) is 1. The van der Waals surface area contributed by atoms with Gasteiger partial charge >= 0.3 is 0 Å². The zero-order valence-electron chi connectivity index (χ0n) is 12.1. The van der Waals surface area contributed by atoms with E-state index in [2.05, 4.69) is 24.0 Å². The molecule has 0 aliphatic heterocycles. The Morgan fingerprint density at radius 3 is 2.85 bits per heavy atom. The molecule has 1 saturated carbocycles. The zero-order valence-corrected chi connectivity index (χ0v) is 12.1. The molecule has 3 atom stereocenters. The highest BCUT2D eigenvalue weighted by atomic mass is 16.3. The number of para-hydroxylation sites is 1. The van der Waals surface area contributed by atoms with Gasteiger partial charge in [0, 0.05) is 17.1 Å². The lowest BCUT2D eigenvalue weighted by Crippen LogP contribution is -2.25. The summed E-state index contributed by atoms with van der Waals surface area (Å²) in [7, 11) is 0. The second-order valence-corrected chi connectivity index (χ2v) is 5.98. The first-order valence-electron chi connectivity index (χ1n) is 7.83. The molecule has 1 aliphatic carbocycles. The van der Waals surface area contributed by atoms with Crippen LogP contribution in [0.4, 0.5) is 0 Å². The maximum absolute atomic E-state index is 10.9. The Morgan fingerprint density at radius 1 is 1.20 bits per heavy atom. The lowest BCUT2D eigenvalue weighted by atomic mass is 9.73. The van der Waals surface area contributed by atoms with Gasteiger partial charge in [0.2, 0.25) is 0 Å². The Bertz CT molecular complexity index is 575. The normalized spacial score (nSPS) is 24.7. The SMILES string of the molecule is CCC1CCCCC1C(O)c1cccc2cccnc12. The minimum absolute atomic E-state index is 0.376. The average molecular weight is 269 g/mol. The molecule has 2 heteroatoms. The van der Waals surface area contributed by atoms with Crippen molar-refractivity contribution in [3.63, 3.8) is 0 Å². The summed E-state index contributed by atoms with van der Waals surface area (Å²) >= 11 is 0. The van der Waals surface area contributed by atoms with E-state index in [0.29, 0.717) is 11.8 Å². The molecule has 3 unspecified atom stereocenters. The summed E-state index contributed by atoms with van der Waals surface area (Å²) in [5.74, 6) is 1.04. The van der Waals surface area contributed by atoms with Gasteiger partial charge in [-0.3, -0.25) is 4.98 Å². The van der Waals surface area contributed by atoms with Crippen LogP contribution in [0.1, 0.15) is 50.7 Å². The van der Waals surface area contributed by atoms with Gasteiger partial charge in [-0.1, -0.05) is 56.9 Å². The van der Waals surface area contributed by atoms with E-state index in [1.54, 1.807) is 0 Å². The molecular weight excluding hydrogens is 246 g/mol. The van der Waals surface area contributed by atoms with Gasteiger partial charge < -0.3 is 5.11 Å². The topological polar surface area (TPSA) is 33.1 Å². The van der Waals surface area contributed by atoms with Gasteiger partial charge in [0.05, 0.1) is 11.6 Å². The third-order valence-electron chi connectivity index (χ3n) is 4.88. The lowest BCUT2D eigenvalue weighted by molar-refractivity contribution is 0.0461. The number of aromatic nitrogens is 1. The van der Waals surface area contributed by atoms with Crippen molar-refractivity contribution in [1.82, 2.24) is 4.98 Å². The molecule has 1 N–H and O–H groups in total. The minimum Gasteiger partial charge on any atom is -0.388 e. The van der Waals surface area contributed by atoms with Gasteiger partial charge in [-0.25, -0.2) is 0 Å². The Hall–Kier alpha value is -1.41. The summed E-state index contributed by atoms with van der Waals surface area (Å²) in [5.41, 5.74) is 1.97. The number of fused-ring (bicyclic) bond motifs is 1. The standard InChI is InChI=1S/C18H23NO/c1-2-13-7-3-4-10-15(13)18(20)16-11-5-8-14-9-6-12-19-17(14)16/h5-6,8-9,11-13,15,18,20H,2-4,7,10H2,1H3. The first-order chi connectivity index (χ1) is 9.81. The number of hydrogen-bond acceptors (Lipinski definition) is 2. The molecule has 1 heterocycles. The van der Waals surface area contributed by atoms with Crippen LogP contribution in [0.3, 0.4) is 0 Å². The molecule has 1 fully saturated rings. The molecule has 2 nitrogen and oxygen atoms in total. The molecule has 0 bridgehead atoms. The van der Waals surface area contributed by atoms with Crippen LogP contribution in [-0.4, -0.2) is 10.1 Å². The maximum Gasteiger partial charge on any atom is 0.0841 e. The van der Waals surface area contributed by atoms with Gasteiger partial charge in [-0.2, -0.15) is 0 Å². The molecule has 2 aromatic rings. The summed E-state index contributed by atoms with van der Waals surface area (Å²) in [4.78, 5) is 4.49. The van der Waals surface area contributed by atoms with Crippen molar-refractivity contribution in [3.8, 4) is 0 Å². The second kappa shape index (κ2) is 5.92. The highest BCUT2D eigenvalue weighted by Crippen LogP contribution is 2.41. The van der Waals surface area contributed by atoms with Crippen molar-refractivity contribution >= 4 is 10.9 Å². The molecule has 106 valence electrons. The van der Waals surface area contributed by atoms with Crippen LogP contribution in [0.15, 0.2) is 36.5 Å². The first kappa shape index (κ1) is 13.6. The summed E-state index contributed by atoms with van der Waals surface area (Å²) in [6.07, 6.45) is 7.57. The fourth-order valence-electron chi connectivity index (χ4n) is 3.76. The quantitative estimate of drug-likeness (QED) is 0.891. The van der Waals surface area contributed by atoms with E-state index in [1.807, 2.05) is 24.4 Å². The molecule has 0 radical (unpaired) electrons. The average Bonchev–Trinajstić information content (AvgIpc) is 2.53. The molecule has 0 saturated heterocycles. The van der Waals surface area contributed by atoms with Crippen molar-refractivity contribution < 1.29 is 5.11 Å². The maximum atomic E-state index is 10.9. The minimum atomic E-state index is -0.376. The zero-order chi connectivity index (χ0) is 13.9. The monoisotopic (exact) mass is 269 g/mol. The van der Waals surface area contributed by atoms with Crippen LogP contribution in [-0.2, 0) is 0 Å².